The molecule has 0 atom stereocenters. The van der Waals surface area contributed by atoms with Crippen molar-refractivity contribution in [3.8, 4) is 21.7 Å². The molecule has 7 nitrogen and oxygen atoms in total. The van der Waals surface area contributed by atoms with Crippen molar-refractivity contribution in [3.63, 3.8) is 0 Å². The number of piperidine rings is 1. The van der Waals surface area contributed by atoms with Gasteiger partial charge in [0.15, 0.2) is 5.82 Å². The van der Waals surface area contributed by atoms with Crippen molar-refractivity contribution in [3.05, 3.63) is 47.0 Å². The number of pyridine rings is 1. The first kappa shape index (κ1) is 23.4. The molecule has 1 N–H and O–H groups in total. The Bertz CT molecular complexity index is 1120. The van der Waals surface area contributed by atoms with E-state index in [4.69, 9.17) is 0 Å². The van der Waals surface area contributed by atoms with Gasteiger partial charge >= 0.3 is 0 Å². The van der Waals surface area contributed by atoms with Crippen molar-refractivity contribution >= 4 is 22.3 Å². The molecule has 0 aliphatic carbocycles. The van der Waals surface area contributed by atoms with E-state index in [1.807, 2.05) is 6.07 Å². The second kappa shape index (κ2) is 8.91. The van der Waals surface area contributed by atoms with E-state index in [9.17, 15) is 4.91 Å². The summed E-state index contributed by atoms with van der Waals surface area (Å²) in [5.74, 6) is 0.192. The topological polar surface area (TPSA) is 83.4 Å². The van der Waals surface area contributed by atoms with Gasteiger partial charge in [-0.1, -0.05) is 36.5 Å². The zero-order chi connectivity index (χ0) is 23.8. The Morgan fingerprint density at radius 3 is 2.39 bits per heavy atom. The van der Waals surface area contributed by atoms with Crippen LogP contribution in [-0.4, -0.2) is 39.3 Å². The van der Waals surface area contributed by atoms with Crippen LogP contribution in [-0.2, 0) is 6.42 Å². The third-order valence-electron chi connectivity index (χ3n) is 6.32. The zero-order valence-electron chi connectivity index (χ0n) is 20.2. The summed E-state index contributed by atoms with van der Waals surface area (Å²) in [4.78, 5) is 17.0. The first-order valence-electron chi connectivity index (χ1n) is 11.4. The quantitative estimate of drug-likeness (QED) is 0.452. The van der Waals surface area contributed by atoms with Crippen LogP contribution in [0.25, 0.3) is 21.7 Å². The molecular formula is C25H32N6OS. The summed E-state index contributed by atoms with van der Waals surface area (Å²) in [7, 11) is 2.14. The summed E-state index contributed by atoms with van der Waals surface area (Å²) in [6.45, 7) is 11.2. The monoisotopic (exact) mass is 464 g/mol. The summed E-state index contributed by atoms with van der Waals surface area (Å²) >= 11 is 1.65. The van der Waals surface area contributed by atoms with Crippen LogP contribution >= 0.6 is 11.3 Å². The Kier molecular flexibility index (Phi) is 6.33. The molecule has 3 heterocycles. The molecule has 1 aliphatic rings. The fraction of sp³-hybridized carbons (Fsp3) is 0.480. The van der Waals surface area contributed by atoms with E-state index in [0.29, 0.717) is 6.04 Å². The lowest BCUT2D eigenvalue weighted by Crippen LogP contribution is -2.61. The average Bonchev–Trinajstić information content (AvgIpc) is 3.26. The SMILES string of the molecule is CCc1cc(-c2ccc(N=O)nc2)ccc1-c1nnc(N(C)C2CC(C)(C)NC(C)(C)C2)s1. The lowest BCUT2D eigenvalue weighted by molar-refractivity contribution is 0.161. The van der Waals surface area contributed by atoms with Gasteiger partial charge in [-0.05, 0) is 75.4 Å². The van der Waals surface area contributed by atoms with Crippen molar-refractivity contribution in [2.24, 2.45) is 5.18 Å². The van der Waals surface area contributed by atoms with Gasteiger partial charge in [-0.25, -0.2) is 4.98 Å². The maximum Gasteiger partial charge on any atom is 0.208 e. The van der Waals surface area contributed by atoms with Crippen LogP contribution in [0.5, 0.6) is 0 Å². The van der Waals surface area contributed by atoms with Gasteiger partial charge in [0, 0.05) is 41.5 Å². The summed E-state index contributed by atoms with van der Waals surface area (Å²) in [5.41, 5.74) is 4.49. The lowest BCUT2D eigenvalue weighted by Gasteiger charge is -2.48. The minimum atomic E-state index is 0.0776. The first-order valence-corrected chi connectivity index (χ1v) is 12.2. The smallest absolute Gasteiger partial charge is 0.208 e. The molecule has 0 bridgehead atoms. The van der Waals surface area contributed by atoms with Crippen molar-refractivity contribution in [1.82, 2.24) is 20.5 Å². The highest BCUT2D eigenvalue weighted by atomic mass is 32.1. The van der Waals surface area contributed by atoms with E-state index in [2.05, 4.69) is 90.4 Å². The van der Waals surface area contributed by atoms with Crippen molar-refractivity contribution in [1.29, 1.82) is 0 Å². The molecule has 0 unspecified atom stereocenters. The van der Waals surface area contributed by atoms with E-state index < -0.39 is 0 Å². The van der Waals surface area contributed by atoms with Gasteiger partial charge in [-0.3, -0.25) is 0 Å². The zero-order valence-corrected chi connectivity index (χ0v) is 21.0. The second-order valence-corrected chi connectivity index (χ2v) is 11.1. The highest BCUT2D eigenvalue weighted by Crippen LogP contribution is 2.37. The maximum absolute atomic E-state index is 10.6. The molecule has 174 valence electrons. The fourth-order valence-corrected chi connectivity index (χ4v) is 5.99. The van der Waals surface area contributed by atoms with E-state index in [1.54, 1.807) is 23.6 Å². The van der Waals surface area contributed by atoms with Gasteiger partial charge in [0.2, 0.25) is 5.13 Å². The van der Waals surface area contributed by atoms with E-state index >= 15 is 0 Å². The molecule has 1 aliphatic heterocycles. The van der Waals surface area contributed by atoms with Gasteiger partial charge in [-0.2, -0.15) is 0 Å². The lowest BCUT2D eigenvalue weighted by atomic mass is 9.79. The molecule has 3 aromatic rings. The van der Waals surface area contributed by atoms with Crippen LogP contribution in [0.2, 0.25) is 0 Å². The predicted molar refractivity (Wildman–Crippen MR) is 136 cm³/mol. The van der Waals surface area contributed by atoms with E-state index in [0.717, 1.165) is 46.1 Å². The Morgan fingerprint density at radius 2 is 1.79 bits per heavy atom. The van der Waals surface area contributed by atoms with Crippen LogP contribution in [0, 0.1) is 4.91 Å². The normalized spacial score (nSPS) is 17.6. The number of benzene rings is 1. The highest BCUT2D eigenvalue weighted by molar-refractivity contribution is 7.18. The molecule has 0 saturated carbocycles. The van der Waals surface area contributed by atoms with Crippen molar-refractivity contribution < 1.29 is 0 Å². The molecule has 4 rings (SSSR count). The molecule has 2 aromatic heterocycles. The van der Waals surface area contributed by atoms with Crippen molar-refractivity contribution in [2.45, 2.75) is 71.0 Å². The average molecular weight is 465 g/mol. The number of hydrogen-bond donors (Lipinski definition) is 1. The number of aromatic nitrogens is 3. The van der Waals surface area contributed by atoms with Crippen LogP contribution in [0.4, 0.5) is 10.9 Å². The van der Waals surface area contributed by atoms with Crippen LogP contribution < -0.4 is 10.2 Å². The van der Waals surface area contributed by atoms with Gasteiger partial charge < -0.3 is 10.2 Å². The van der Waals surface area contributed by atoms with Gasteiger partial charge in [0.25, 0.3) is 0 Å². The van der Waals surface area contributed by atoms with Gasteiger partial charge in [-0.15, -0.1) is 15.1 Å². The Morgan fingerprint density at radius 1 is 1.09 bits per heavy atom. The van der Waals surface area contributed by atoms with Crippen molar-refractivity contribution in [2.75, 3.05) is 11.9 Å². The molecule has 0 spiro atoms. The third-order valence-corrected chi connectivity index (χ3v) is 7.37. The Balaban J connectivity index is 1.59. The number of hydrogen-bond acceptors (Lipinski definition) is 8. The summed E-state index contributed by atoms with van der Waals surface area (Å²) in [6.07, 6.45) is 4.68. The maximum atomic E-state index is 10.6. The number of anilines is 1. The van der Waals surface area contributed by atoms with Gasteiger partial charge in [0.05, 0.1) is 0 Å². The first-order chi connectivity index (χ1) is 15.6. The Hall–Kier alpha value is -2.71. The molecule has 1 saturated heterocycles. The molecule has 1 fully saturated rings. The predicted octanol–water partition coefficient (Wildman–Crippen LogP) is 5.97. The Labute approximate surface area is 199 Å². The van der Waals surface area contributed by atoms with E-state index in [1.165, 1.54) is 5.56 Å². The largest absolute Gasteiger partial charge is 0.347 e. The van der Waals surface area contributed by atoms with Crippen LogP contribution in [0.3, 0.4) is 0 Å². The molecule has 1 aromatic carbocycles. The van der Waals surface area contributed by atoms with Gasteiger partial charge in [0.1, 0.15) is 5.01 Å². The number of nitrogens with one attached hydrogen (secondary N) is 1. The number of aryl methyl sites for hydroxylation is 1. The fourth-order valence-electron chi connectivity index (χ4n) is 5.05. The minimum Gasteiger partial charge on any atom is -0.347 e. The molecule has 33 heavy (non-hydrogen) atoms. The summed E-state index contributed by atoms with van der Waals surface area (Å²) in [6, 6.07) is 10.3. The third kappa shape index (κ3) is 5.12. The van der Waals surface area contributed by atoms with Crippen LogP contribution in [0.1, 0.15) is 53.0 Å². The summed E-state index contributed by atoms with van der Waals surface area (Å²) in [5, 5.41) is 17.6. The number of nitrogens with zero attached hydrogens (tertiary/aromatic N) is 5. The summed E-state index contributed by atoms with van der Waals surface area (Å²) < 4.78 is 0. The molecule has 8 heteroatoms. The molecule has 0 radical (unpaired) electrons. The standard InChI is InChI=1S/C25H32N6OS/c1-7-16-12-17(18-9-11-21(29-32)26-15-18)8-10-20(16)22-27-28-23(33-22)31(6)19-13-24(2,3)30-25(4,5)14-19/h8-12,15,19,30H,7,13-14H2,1-6H3. The number of rotatable bonds is 6. The molecule has 0 amide bonds. The number of nitroso groups, excluding NO2 is 1. The second-order valence-electron chi connectivity index (χ2n) is 10.2. The van der Waals surface area contributed by atoms with Crippen LogP contribution in [0.15, 0.2) is 41.7 Å². The molecular weight excluding hydrogens is 432 g/mol. The highest BCUT2D eigenvalue weighted by Gasteiger charge is 2.39. The van der Waals surface area contributed by atoms with E-state index in [-0.39, 0.29) is 16.9 Å². The minimum absolute atomic E-state index is 0.0776.